The maximum atomic E-state index is 12.2. The Morgan fingerprint density at radius 1 is 1.16 bits per heavy atom. The molecule has 0 radical (unpaired) electrons. The van der Waals surface area contributed by atoms with Crippen molar-refractivity contribution in [3.63, 3.8) is 0 Å². The van der Waals surface area contributed by atoms with Gasteiger partial charge in [0, 0.05) is 12.7 Å². The zero-order valence-electron chi connectivity index (χ0n) is 15.1. The minimum atomic E-state index is -0.215. The molecule has 25 heavy (non-hydrogen) atoms. The Bertz CT molecular complexity index is 705. The number of benzene rings is 1. The van der Waals surface area contributed by atoms with E-state index in [4.69, 9.17) is 4.42 Å². The van der Waals surface area contributed by atoms with E-state index in [2.05, 4.69) is 10.6 Å². The van der Waals surface area contributed by atoms with Crippen molar-refractivity contribution in [2.75, 3.05) is 25.5 Å². The third-order valence-corrected chi connectivity index (χ3v) is 4.08. The summed E-state index contributed by atoms with van der Waals surface area (Å²) in [5.41, 5.74) is 2.80. The summed E-state index contributed by atoms with van der Waals surface area (Å²) in [4.78, 5) is 25.8. The van der Waals surface area contributed by atoms with E-state index >= 15 is 0 Å². The molecule has 2 rings (SSSR count). The lowest BCUT2D eigenvalue weighted by Crippen LogP contribution is -2.40. The molecule has 6 nitrogen and oxygen atoms in total. The highest BCUT2D eigenvalue weighted by molar-refractivity contribution is 5.95. The van der Waals surface area contributed by atoms with Crippen LogP contribution in [0, 0.1) is 13.8 Å². The summed E-state index contributed by atoms with van der Waals surface area (Å²) in [7, 11) is 1.62. The van der Waals surface area contributed by atoms with Crippen molar-refractivity contribution in [3.05, 3.63) is 53.5 Å². The molecule has 0 aliphatic carbocycles. The maximum absolute atomic E-state index is 12.2. The van der Waals surface area contributed by atoms with Crippen LogP contribution in [0.25, 0.3) is 0 Å². The van der Waals surface area contributed by atoms with Crippen LogP contribution in [-0.2, 0) is 9.59 Å². The molecule has 0 unspecified atom stereocenters. The van der Waals surface area contributed by atoms with Gasteiger partial charge in [0.15, 0.2) is 0 Å². The molecule has 0 aliphatic rings. The van der Waals surface area contributed by atoms with Gasteiger partial charge in [-0.15, -0.1) is 0 Å². The standard InChI is InChI=1S/C19H25N3O3/c1-13-7-5-8-14(2)19(13)21-17(23)12-22(4)18(24)11-20-15(3)16-9-6-10-25-16/h5-10,15,20H,11-12H2,1-4H3,(H,21,23)/t15-/m0/s1. The lowest BCUT2D eigenvalue weighted by atomic mass is 10.1. The number of amides is 2. The second-order valence-corrected chi connectivity index (χ2v) is 6.18. The van der Waals surface area contributed by atoms with Crippen LogP contribution >= 0.6 is 0 Å². The van der Waals surface area contributed by atoms with Gasteiger partial charge in [-0.05, 0) is 44.0 Å². The third kappa shape index (κ3) is 5.19. The van der Waals surface area contributed by atoms with E-state index in [1.807, 2.05) is 45.0 Å². The second-order valence-electron chi connectivity index (χ2n) is 6.18. The molecular formula is C19H25N3O3. The average molecular weight is 343 g/mol. The highest BCUT2D eigenvalue weighted by Gasteiger charge is 2.16. The minimum absolute atomic E-state index is 0.00339. The number of hydrogen-bond acceptors (Lipinski definition) is 4. The number of aryl methyl sites for hydroxylation is 2. The van der Waals surface area contributed by atoms with Crippen molar-refractivity contribution in [2.45, 2.75) is 26.8 Å². The molecule has 2 N–H and O–H groups in total. The van der Waals surface area contributed by atoms with Crippen LogP contribution in [0.5, 0.6) is 0 Å². The quantitative estimate of drug-likeness (QED) is 0.810. The predicted octanol–water partition coefficient (Wildman–Crippen LogP) is 2.64. The molecule has 0 spiro atoms. The molecule has 0 fully saturated rings. The summed E-state index contributed by atoms with van der Waals surface area (Å²) >= 11 is 0. The van der Waals surface area contributed by atoms with E-state index in [1.165, 1.54) is 4.90 Å². The molecule has 1 atom stereocenters. The first-order valence-electron chi connectivity index (χ1n) is 8.25. The SMILES string of the molecule is Cc1cccc(C)c1NC(=O)CN(C)C(=O)CN[C@@H](C)c1ccco1. The summed E-state index contributed by atoms with van der Waals surface area (Å²) in [5, 5.41) is 5.97. The number of para-hydroxylation sites is 1. The fourth-order valence-corrected chi connectivity index (χ4v) is 2.51. The topological polar surface area (TPSA) is 74.6 Å². The third-order valence-electron chi connectivity index (χ3n) is 4.08. The Labute approximate surface area is 148 Å². The molecule has 2 amide bonds. The van der Waals surface area contributed by atoms with E-state index < -0.39 is 0 Å². The molecule has 6 heteroatoms. The van der Waals surface area contributed by atoms with Crippen LogP contribution in [0.1, 0.15) is 29.9 Å². The Morgan fingerprint density at radius 3 is 2.44 bits per heavy atom. The molecule has 2 aromatic rings. The number of carbonyl (C=O) groups is 2. The van der Waals surface area contributed by atoms with Crippen LogP contribution in [0.15, 0.2) is 41.0 Å². The summed E-state index contributed by atoms with van der Waals surface area (Å²) in [6, 6.07) is 9.41. The second kappa shape index (κ2) is 8.48. The van der Waals surface area contributed by atoms with Gasteiger partial charge in [-0.2, -0.15) is 0 Å². The molecule has 0 saturated heterocycles. The summed E-state index contributed by atoms with van der Waals surface area (Å²) in [5.74, 6) is 0.394. The number of likely N-dealkylation sites (N-methyl/N-ethyl adjacent to an activating group) is 1. The van der Waals surface area contributed by atoms with Gasteiger partial charge in [-0.25, -0.2) is 0 Å². The molecule has 1 heterocycles. The van der Waals surface area contributed by atoms with E-state index in [0.717, 1.165) is 22.6 Å². The van der Waals surface area contributed by atoms with Crippen molar-refractivity contribution < 1.29 is 14.0 Å². The van der Waals surface area contributed by atoms with Gasteiger partial charge in [0.05, 0.1) is 25.4 Å². The number of hydrogen-bond donors (Lipinski definition) is 2. The van der Waals surface area contributed by atoms with E-state index in [1.54, 1.807) is 19.4 Å². The molecule has 1 aromatic carbocycles. The lowest BCUT2D eigenvalue weighted by molar-refractivity contribution is -0.132. The molecule has 1 aromatic heterocycles. The Hall–Kier alpha value is -2.60. The highest BCUT2D eigenvalue weighted by Crippen LogP contribution is 2.19. The number of nitrogens with zero attached hydrogens (tertiary/aromatic N) is 1. The first-order chi connectivity index (χ1) is 11.9. The van der Waals surface area contributed by atoms with Crippen LogP contribution < -0.4 is 10.6 Å². The van der Waals surface area contributed by atoms with Crippen molar-refractivity contribution in [1.29, 1.82) is 0 Å². The largest absolute Gasteiger partial charge is 0.468 e. The number of nitrogens with one attached hydrogen (secondary N) is 2. The van der Waals surface area contributed by atoms with Crippen molar-refractivity contribution >= 4 is 17.5 Å². The Kier molecular flexibility index (Phi) is 6.36. The summed E-state index contributed by atoms with van der Waals surface area (Å²) in [6.07, 6.45) is 1.60. The van der Waals surface area contributed by atoms with E-state index in [0.29, 0.717) is 0 Å². The van der Waals surface area contributed by atoms with Gasteiger partial charge in [-0.3, -0.25) is 14.9 Å². The first-order valence-corrected chi connectivity index (χ1v) is 8.25. The fourth-order valence-electron chi connectivity index (χ4n) is 2.51. The summed E-state index contributed by atoms with van der Waals surface area (Å²) < 4.78 is 5.29. The Balaban J connectivity index is 1.83. The summed E-state index contributed by atoms with van der Waals surface area (Å²) in [6.45, 7) is 5.94. The van der Waals surface area contributed by atoms with Crippen molar-refractivity contribution in [3.8, 4) is 0 Å². The fraction of sp³-hybridized carbons (Fsp3) is 0.368. The number of furan rings is 1. The molecule has 0 aliphatic heterocycles. The van der Waals surface area contributed by atoms with Crippen LogP contribution in [-0.4, -0.2) is 36.9 Å². The van der Waals surface area contributed by atoms with Crippen LogP contribution in [0.3, 0.4) is 0 Å². The monoisotopic (exact) mass is 343 g/mol. The van der Waals surface area contributed by atoms with Crippen LogP contribution in [0.2, 0.25) is 0 Å². The number of carbonyl (C=O) groups excluding carboxylic acids is 2. The minimum Gasteiger partial charge on any atom is -0.468 e. The van der Waals surface area contributed by atoms with E-state index in [-0.39, 0.29) is 30.9 Å². The number of rotatable bonds is 7. The lowest BCUT2D eigenvalue weighted by Gasteiger charge is -2.19. The highest BCUT2D eigenvalue weighted by atomic mass is 16.3. The van der Waals surface area contributed by atoms with Gasteiger partial charge >= 0.3 is 0 Å². The normalized spacial score (nSPS) is 11.8. The zero-order chi connectivity index (χ0) is 18.4. The molecule has 0 bridgehead atoms. The molecule has 134 valence electrons. The smallest absolute Gasteiger partial charge is 0.243 e. The maximum Gasteiger partial charge on any atom is 0.243 e. The number of anilines is 1. The van der Waals surface area contributed by atoms with Gasteiger partial charge in [-0.1, -0.05) is 18.2 Å². The predicted molar refractivity (Wildman–Crippen MR) is 97.3 cm³/mol. The van der Waals surface area contributed by atoms with Gasteiger partial charge < -0.3 is 14.6 Å². The van der Waals surface area contributed by atoms with Gasteiger partial charge in [0.2, 0.25) is 11.8 Å². The average Bonchev–Trinajstić information content (AvgIpc) is 3.10. The first kappa shape index (κ1) is 18.7. The molecular weight excluding hydrogens is 318 g/mol. The van der Waals surface area contributed by atoms with Crippen molar-refractivity contribution in [2.24, 2.45) is 0 Å². The van der Waals surface area contributed by atoms with Gasteiger partial charge in [0.25, 0.3) is 0 Å². The van der Waals surface area contributed by atoms with Crippen molar-refractivity contribution in [1.82, 2.24) is 10.2 Å². The Morgan fingerprint density at radius 2 is 1.84 bits per heavy atom. The van der Waals surface area contributed by atoms with Gasteiger partial charge in [0.1, 0.15) is 5.76 Å². The van der Waals surface area contributed by atoms with E-state index in [9.17, 15) is 9.59 Å². The molecule has 0 saturated carbocycles. The van der Waals surface area contributed by atoms with Crippen LogP contribution in [0.4, 0.5) is 5.69 Å². The zero-order valence-corrected chi connectivity index (χ0v) is 15.1.